The second-order valence-electron chi connectivity index (χ2n) is 9.11. The summed E-state index contributed by atoms with van der Waals surface area (Å²) in [4.78, 5) is 0. The van der Waals surface area contributed by atoms with E-state index in [2.05, 4.69) is 140 Å². The third kappa shape index (κ3) is 5.29. The fraction of sp³-hybridized carbons (Fsp3) is 0.172. The quantitative estimate of drug-likeness (QED) is 0.275. The average molecular weight is 502 g/mol. The third-order valence-electron chi connectivity index (χ3n) is 5.72. The topological polar surface area (TPSA) is 9.23 Å². The molecule has 0 amide bonds. The number of hydrogen-bond acceptors (Lipinski definition) is 1. The minimum Gasteiger partial charge on any atom is -0.407 e. The lowest BCUT2D eigenvalue weighted by Crippen LogP contribution is -2.44. The van der Waals surface area contributed by atoms with Gasteiger partial charge in [0.15, 0.2) is 0 Å². The number of halogens is 1. The first-order valence-electron chi connectivity index (χ1n) is 11.0. The molecule has 0 bridgehead atoms. The first kappa shape index (κ1) is 22.7. The molecule has 3 heteroatoms. The highest BCUT2D eigenvalue weighted by atomic mass is 79.9. The lowest BCUT2D eigenvalue weighted by molar-refractivity contribution is 0.322. The Balaban J connectivity index is 1.64. The summed E-state index contributed by atoms with van der Waals surface area (Å²) in [6.07, 6.45) is 0. The van der Waals surface area contributed by atoms with Crippen molar-refractivity contribution >= 4 is 35.3 Å². The number of benzene rings is 4. The van der Waals surface area contributed by atoms with Crippen LogP contribution < -0.4 is 10.4 Å². The molecule has 0 fully saturated rings. The minimum atomic E-state index is -1.78. The zero-order valence-corrected chi connectivity index (χ0v) is 21.6. The largest absolute Gasteiger partial charge is 0.407 e. The molecular formula is C29H29BrOSi. The van der Waals surface area contributed by atoms with Crippen LogP contribution in [0.15, 0.2) is 108 Å². The summed E-state index contributed by atoms with van der Waals surface area (Å²) in [5.74, 6) is 0. The Bertz CT molecular complexity index is 1130. The summed E-state index contributed by atoms with van der Waals surface area (Å²) in [6.45, 7) is 7.32. The van der Waals surface area contributed by atoms with E-state index in [4.69, 9.17) is 4.43 Å². The molecule has 0 aliphatic carbocycles. The van der Waals surface area contributed by atoms with Crippen LogP contribution in [-0.2, 0) is 16.4 Å². The Hall–Kier alpha value is -2.46. The zero-order valence-electron chi connectivity index (χ0n) is 18.9. The van der Waals surface area contributed by atoms with Gasteiger partial charge in [0.1, 0.15) is 0 Å². The maximum Gasteiger partial charge on any atom is 0.240 e. The molecule has 0 saturated carbocycles. The summed E-state index contributed by atoms with van der Waals surface area (Å²) in [5, 5.41) is 2.60. The Labute approximate surface area is 202 Å². The predicted molar refractivity (Wildman–Crippen MR) is 142 cm³/mol. The lowest BCUT2D eigenvalue weighted by Gasteiger charge is -2.22. The van der Waals surface area contributed by atoms with Crippen molar-refractivity contribution < 1.29 is 4.43 Å². The predicted octanol–water partition coefficient (Wildman–Crippen LogP) is 6.47. The van der Waals surface area contributed by atoms with Gasteiger partial charge >= 0.3 is 0 Å². The molecular weight excluding hydrogens is 472 g/mol. The lowest BCUT2D eigenvalue weighted by atomic mass is 9.86. The maximum absolute atomic E-state index is 6.70. The highest BCUT2D eigenvalue weighted by Crippen LogP contribution is 2.34. The van der Waals surface area contributed by atoms with Crippen LogP contribution in [0, 0.1) is 0 Å². The fourth-order valence-electron chi connectivity index (χ4n) is 4.03. The fourth-order valence-corrected chi connectivity index (χ4v) is 7.27. The van der Waals surface area contributed by atoms with Crippen molar-refractivity contribution in [2.45, 2.75) is 32.8 Å². The van der Waals surface area contributed by atoms with Crippen LogP contribution >= 0.6 is 15.9 Å². The van der Waals surface area contributed by atoms with Crippen LogP contribution in [0.25, 0.3) is 11.1 Å². The molecule has 0 spiro atoms. The van der Waals surface area contributed by atoms with E-state index in [0.717, 1.165) is 4.47 Å². The highest BCUT2D eigenvalue weighted by Gasteiger charge is 2.20. The normalized spacial score (nSPS) is 11.7. The first-order chi connectivity index (χ1) is 15.4. The third-order valence-corrected chi connectivity index (χ3v) is 8.85. The molecule has 0 N–H and O–H groups in total. The van der Waals surface area contributed by atoms with Crippen LogP contribution in [0.2, 0.25) is 0 Å². The van der Waals surface area contributed by atoms with E-state index in [-0.39, 0.29) is 5.41 Å². The van der Waals surface area contributed by atoms with Gasteiger partial charge in [-0.3, -0.25) is 0 Å². The van der Waals surface area contributed by atoms with Crippen molar-refractivity contribution in [1.29, 1.82) is 0 Å². The van der Waals surface area contributed by atoms with Gasteiger partial charge in [-0.15, -0.1) is 0 Å². The summed E-state index contributed by atoms with van der Waals surface area (Å²) >= 11 is 3.80. The van der Waals surface area contributed by atoms with E-state index in [9.17, 15) is 0 Å². The molecule has 0 saturated heterocycles. The molecule has 0 aliphatic rings. The van der Waals surface area contributed by atoms with Crippen molar-refractivity contribution in [2.24, 2.45) is 0 Å². The second kappa shape index (κ2) is 9.99. The molecule has 4 aromatic rings. The Morgan fingerprint density at radius 2 is 1.28 bits per heavy atom. The second-order valence-corrected chi connectivity index (χ2v) is 12.4. The van der Waals surface area contributed by atoms with Crippen molar-refractivity contribution in [3.8, 4) is 11.1 Å². The highest BCUT2D eigenvalue weighted by molar-refractivity contribution is 9.10. The van der Waals surface area contributed by atoms with Crippen LogP contribution in [0.5, 0.6) is 0 Å². The van der Waals surface area contributed by atoms with Gasteiger partial charge < -0.3 is 4.43 Å². The number of rotatable bonds is 6. The van der Waals surface area contributed by atoms with Gasteiger partial charge in [0.05, 0.1) is 6.61 Å². The zero-order chi connectivity index (χ0) is 22.6. The van der Waals surface area contributed by atoms with E-state index in [1.165, 1.54) is 32.6 Å². The summed E-state index contributed by atoms with van der Waals surface area (Å²) in [7, 11) is -1.78. The smallest absolute Gasteiger partial charge is 0.240 e. The molecule has 32 heavy (non-hydrogen) atoms. The van der Waals surface area contributed by atoms with Crippen molar-refractivity contribution in [1.82, 2.24) is 0 Å². The van der Waals surface area contributed by atoms with Crippen LogP contribution in [0.1, 0.15) is 31.9 Å². The monoisotopic (exact) mass is 500 g/mol. The maximum atomic E-state index is 6.70. The molecule has 0 aromatic heterocycles. The van der Waals surface area contributed by atoms with Gasteiger partial charge in [0.2, 0.25) is 9.04 Å². The van der Waals surface area contributed by atoms with Crippen molar-refractivity contribution in [3.05, 3.63) is 119 Å². The van der Waals surface area contributed by atoms with Gasteiger partial charge in [-0.1, -0.05) is 134 Å². The van der Waals surface area contributed by atoms with Crippen LogP contribution in [0.4, 0.5) is 0 Å². The van der Waals surface area contributed by atoms with Gasteiger partial charge in [0.25, 0.3) is 0 Å². The van der Waals surface area contributed by atoms with Gasteiger partial charge in [-0.2, -0.15) is 0 Å². The Kier molecular flexibility index (Phi) is 7.09. The van der Waals surface area contributed by atoms with Crippen molar-refractivity contribution in [3.63, 3.8) is 0 Å². The SMILES string of the molecule is CC(C)(C)c1ccc(-c2ccccc2CO[SiH](c2ccccc2)c2ccccc2)cc1Br. The minimum absolute atomic E-state index is 0.101. The van der Waals surface area contributed by atoms with E-state index in [1.807, 2.05) is 0 Å². The standard InChI is InChI=1S/C29H29BrOSi/c1-29(2,3)27-19-18-22(20-28(27)30)26-17-11-10-12-23(26)21-31-32(24-13-6-4-7-14-24)25-15-8-5-9-16-25/h4-20,32H,21H2,1-3H3. The molecule has 0 atom stereocenters. The molecule has 4 rings (SSSR count). The molecule has 0 aliphatic heterocycles. The van der Waals surface area contributed by atoms with Gasteiger partial charge in [-0.25, -0.2) is 0 Å². The summed E-state index contributed by atoms with van der Waals surface area (Å²) in [5.41, 5.74) is 5.07. The summed E-state index contributed by atoms with van der Waals surface area (Å²) < 4.78 is 7.85. The molecule has 0 radical (unpaired) electrons. The summed E-state index contributed by atoms with van der Waals surface area (Å²) in [6, 6.07) is 36.6. The molecule has 0 heterocycles. The first-order valence-corrected chi connectivity index (χ1v) is 13.5. The van der Waals surface area contributed by atoms with Gasteiger partial charge in [-0.05, 0) is 44.1 Å². The average Bonchev–Trinajstić information content (AvgIpc) is 2.80. The van der Waals surface area contributed by atoms with E-state index < -0.39 is 9.04 Å². The molecule has 0 unspecified atom stereocenters. The van der Waals surface area contributed by atoms with E-state index in [1.54, 1.807) is 0 Å². The molecule has 162 valence electrons. The Morgan fingerprint density at radius 3 is 1.84 bits per heavy atom. The number of hydrogen-bond donors (Lipinski definition) is 0. The van der Waals surface area contributed by atoms with Crippen molar-refractivity contribution in [2.75, 3.05) is 0 Å². The van der Waals surface area contributed by atoms with Crippen LogP contribution in [0.3, 0.4) is 0 Å². The molecule has 1 nitrogen and oxygen atoms in total. The molecule has 4 aromatic carbocycles. The van der Waals surface area contributed by atoms with Crippen LogP contribution in [-0.4, -0.2) is 9.04 Å². The van der Waals surface area contributed by atoms with E-state index in [0.29, 0.717) is 6.61 Å². The van der Waals surface area contributed by atoms with Gasteiger partial charge in [0, 0.05) is 4.47 Å². The van der Waals surface area contributed by atoms with E-state index >= 15 is 0 Å². The Morgan fingerprint density at radius 1 is 0.719 bits per heavy atom.